The van der Waals surface area contributed by atoms with Crippen LogP contribution in [0.15, 0.2) is 12.1 Å². The molecule has 3 amide bonds. The van der Waals surface area contributed by atoms with Gasteiger partial charge in [0.2, 0.25) is 5.91 Å². The fourth-order valence-corrected chi connectivity index (χ4v) is 3.97. The van der Waals surface area contributed by atoms with Gasteiger partial charge in [0.15, 0.2) is 0 Å². The van der Waals surface area contributed by atoms with E-state index in [0.29, 0.717) is 10.9 Å². The lowest BCUT2D eigenvalue weighted by molar-refractivity contribution is -0.173. The van der Waals surface area contributed by atoms with E-state index >= 15 is 0 Å². The van der Waals surface area contributed by atoms with Crippen LogP contribution in [-0.4, -0.2) is 28.9 Å². The number of primary amides is 1. The van der Waals surface area contributed by atoms with E-state index in [4.69, 9.17) is 28.9 Å². The molecule has 0 aliphatic heterocycles. The van der Waals surface area contributed by atoms with Crippen molar-refractivity contribution in [1.29, 1.82) is 0 Å². The van der Waals surface area contributed by atoms with E-state index < -0.39 is 11.8 Å². The van der Waals surface area contributed by atoms with Crippen LogP contribution in [0, 0.1) is 11.7 Å². The fraction of sp³-hybridized carbons (Fsp3) is 0.467. The summed E-state index contributed by atoms with van der Waals surface area (Å²) in [4.78, 5) is 24.9. The van der Waals surface area contributed by atoms with Gasteiger partial charge in [0, 0.05) is 22.7 Å². The number of hydrogen-bond donors (Lipinski definition) is 2. The highest BCUT2D eigenvalue weighted by Gasteiger charge is 2.61. The molecule has 3 saturated carbocycles. The van der Waals surface area contributed by atoms with Crippen molar-refractivity contribution in [2.24, 2.45) is 11.7 Å². The minimum atomic E-state index is -0.770. The Hall–Kier alpha value is -1.53. The van der Waals surface area contributed by atoms with E-state index in [0.717, 1.165) is 19.3 Å². The first-order valence-electron chi connectivity index (χ1n) is 7.28. The Morgan fingerprint density at radius 1 is 1.35 bits per heavy atom. The number of rotatable bonds is 5. The van der Waals surface area contributed by atoms with Gasteiger partial charge in [-0.1, -0.05) is 23.2 Å². The monoisotopic (exact) mass is 359 g/mol. The van der Waals surface area contributed by atoms with Crippen molar-refractivity contribution < 1.29 is 14.0 Å². The van der Waals surface area contributed by atoms with Gasteiger partial charge in [-0.15, -0.1) is 0 Å². The summed E-state index contributed by atoms with van der Waals surface area (Å²) in [6.45, 7) is -0.143. The summed E-state index contributed by atoms with van der Waals surface area (Å²) >= 11 is 11.8. The Bertz CT molecular complexity index is 666. The molecule has 0 atom stereocenters. The maximum absolute atomic E-state index is 14.2. The summed E-state index contributed by atoms with van der Waals surface area (Å²) in [6.07, 6.45) is 2.72. The first-order valence-corrected chi connectivity index (χ1v) is 8.03. The molecule has 5 nitrogen and oxygen atoms in total. The molecule has 1 aromatic rings. The predicted molar refractivity (Wildman–Crippen MR) is 84.6 cm³/mol. The highest BCUT2D eigenvalue weighted by Crippen LogP contribution is 2.61. The largest absolute Gasteiger partial charge is 0.352 e. The van der Waals surface area contributed by atoms with Gasteiger partial charge in [-0.25, -0.2) is 9.18 Å². The van der Waals surface area contributed by atoms with Crippen molar-refractivity contribution in [3.05, 3.63) is 33.6 Å². The average molecular weight is 360 g/mol. The molecule has 0 radical (unpaired) electrons. The van der Waals surface area contributed by atoms with Crippen LogP contribution < -0.4 is 11.1 Å². The molecular weight excluding hydrogens is 344 g/mol. The molecule has 4 rings (SSSR count). The number of carbonyl (C=O) groups is 2. The lowest BCUT2D eigenvalue weighted by Gasteiger charge is -2.66. The third-order valence-corrected chi connectivity index (χ3v) is 5.18. The van der Waals surface area contributed by atoms with Gasteiger partial charge >= 0.3 is 6.03 Å². The molecule has 0 saturated heterocycles. The van der Waals surface area contributed by atoms with Gasteiger partial charge in [0.05, 0.1) is 11.6 Å². The Morgan fingerprint density at radius 3 is 2.52 bits per heavy atom. The lowest BCUT2D eigenvalue weighted by Crippen LogP contribution is -2.70. The molecule has 2 bridgehead atoms. The lowest BCUT2D eigenvalue weighted by atomic mass is 9.49. The summed E-state index contributed by atoms with van der Waals surface area (Å²) in [5.41, 5.74) is 5.04. The van der Waals surface area contributed by atoms with Gasteiger partial charge in [-0.3, -0.25) is 4.79 Å². The second kappa shape index (κ2) is 5.83. The topological polar surface area (TPSA) is 75.4 Å². The van der Waals surface area contributed by atoms with Gasteiger partial charge < -0.3 is 16.0 Å². The van der Waals surface area contributed by atoms with Crippen molar-refractivity contribution in [3.8, 4) is 0 Å². The minimum Gasteiger partial charge on any atom is -0.352 e. The van der Waals surface area contributed by atoms with E-state index in [9.17, 15) is 14.0 Å². The molecule has 0 aromatic heterocycles. The molecule has 0 unspecified atom stereocenters. The molecule has 0 spiro atoms. The van der Waals surface area contributed by atoms with Crippen molar-refractivity contribution in [1.82, 2.24) is 10.2 Å². The molecular formula is C15H16Cl2FN3O2. The Balaban J connectivity index is 1.82. The summed E-state index contributed by atoms with van der Waals surface area (Å²) < 4.78 is 14.2. The normalized spacial score (nSPS) is 24.4. The zero-order valence-electron chi connectivity index (χ0n) is 12.2. The molecule has 8 heteroatoms. The third kappa shape index (κ3) is 2.97. The molecule has 23 heavy (non-hydrogen) atoms. The summed E-state index contributed by atoms with van der Waals surface area (Å²) in [7, 11) is 0. The third-order valence-electron chi connectivity index (χ3n) is 4.69. The van der Waals surface area contributed by atoms with Crippen molar-refractivity contribution in [2.75, 3.05) is 6.54 Å². The maximum Gasteiger partial charge on any atom is 0.312 e. The van der Waals surface area contributed by atoms with E-state index in [-0.39, 0.29) is 35.1 Å². The van der Waals surface area contributed by atoms with Crippen molar-refractivity contribution >= 4 is 35.1 Å². The minimum absolute atomic E-state index is 0.0676. The molecule has 3 fully saturated rings. The SMILES string of the molecule is NC(=O)NCC(=O)N(Cc1cc(Cl)cc(Cl)c1F)C12CC(C1)C2. The van der Waals surface area contributed by atoms with Crippen molar-refractivity contribution in [3.63, 3.8) is 0 Å². The number of hydrogen-bond acceptors (Lipinski definition) is 2. The van der Waals surface area contributed by atoms with E-state index in [2.05, 4.69) is 5.32 Å². The number of nitrogens with two attached hydrogens (primary N) is 1. The molecule has 3 aliphatic carbocycles. The summed E-state index contributed by atoms with van der Waals surface area (Å²) in [5, 5.41) is 2.52. The number of halogens is 3. The zero-order valence-corrected chi connectivity index (χ0v) is 13.8. The van der Waals surface area contributed by atoms with Gasteiger partial charge in [-0.05, 0) is 37.3 Å². The molecule has 0 heterocycles. The number of urea groups is 1. The smallest absolute Gasteiger partial charge is 0.312 e. The Kier molecular flexibility index (Phi) is 4.14. The Labute approximate surface area is 142 Å². The molecule has 3 aliphatic rings. The predicted octanol–water partition coefficient (Wildman–Crippen LogP) is 2.68. The number of carbonyl (C=O) groups excluding carboxylic acids is 2. The first-order chi connectivity index (χ1) is 10.8. The van der Waals surface area contributed by atoms with Gasteiger partial charge in [0.25, 0.3) is 0 Å². The van der Waals surface area contributed by atoms with E-state index in [1.54, 1.807) is 4.90 Å². The van der Waals surface area contributed by atoms with Crippen LogP contribution in [0.25, 0.3) is 0 Å². The number of nitrogens with zero attached hydrogens (tertiary/aromatic N) is 1. The van der Waals surface area contributed by atoms with Crippen LogP contribution in [0.5, 0.6) is 0 Å². The number of benzene rings is 1. The van der Waals surface area contributed by atoms with Gasteiger partial charge in [-0.2, -0.15) is 0 Å². The average Bonchev–Trinajstić information content (AvgIpc) is 2.37. The molecule has 3 N–H and O–H groups in total. The second-order valence-corrected chi connectivity index (χ2v) is 7.10. The summed E-state index contributed by atoms with van der Waals surface area (Å²) in [6, 6.07) is 2.02. The zero-order chi connectivity index (χ0) is 16.8. The number of amides is 3. The number of nitrogens with one attached hydrogen (secondary N) is 1. The Morgan fingerprint density at radius 2 is 2.00 bits per heavy atom. The van der Waals surface area contributed by atoms with Crippen LogP contribution in [0.1, 0.15) is 24.8 Å². The highest BCUT2D eigenvalue weighted by molar-refractivity contribution is 6.34. The molecule has 124 valence electrons. The van der Waals surface area contributed by atoms with Crippen LogP contribution >= 0.6 is 23.2 Å². The van der Waals surface area contributed by atoms with E-state index in [1.807, 2.05) is 0 Å². The van der Waals surface area contributed by atoms with Gasteiger partial charge in [0.1, 0.15) is 5.82 Å². The van der Waals surface area contributed by atoms with E-state index in [1.165, 1.54) is 12.1 Å². The maximum atomic E-state index is 14.2. The van der Waals surface area contributed by atoms with Crippen molar-refractivity contribution in [2.45, 2.75) is 31.3 Å². The fourth-order valence-electron chi connectivity index (χ4n) is 3.44. The second-order valence-electron chi connectivity index (χ2n) is 6.26. The molecule has 1 aromatic carbocycles. The van der Waals surface area contributed by atoms with Crippen LogP contribution in [-0.2, 0) is 11.3 Å². The summed E-state index contributed by atoms with van der Waals surface area (Å²) in [5.74, 6) is -0.233. The van der Waals surface area contributed by atoms with Crippen LogP contribution in [0.4, 0.5) is 9.18 Å². The first kappa shape index (κ1) is 16.3. The highest BCUT2D eigenvalue weighted by atomic mass is 35.5. The van der Waals surface area contributed by atoms with Crippen LogP contribution in [0.3, 0.4) is 0 Å². The quantitative estimate of drug-likeness (QED) is 0.793. The van der Waals surface area contributed by atoms with Crippen LogP contribution in [0.2, 0.25) is 10.0 Å². The standard InChI is InChI=1S/C15H16Cl2FN3O2/c16-10-1-9(13(18)11(17)2-10)7-21(12(22)6-20-14(19)23)15-3-8(4-15)5-15/h1-2,8H,3-7H2,(H3,19,20,23).